The molecule has 0 saturated carbocycles. The number of rotatable bonds is 5. The van der Waals surface area contributed by atoms with Gasteiger partial charge in [0.1, 0.15) is 0 Å². The van der Waals surface area contributed by atoms with Crippen LogP contribution >= 0.6 is 27.3 Å². The van der Waals surface area contributed by atoms with Gasteiger partial charge in [-0.25, -0.2) is 0 Å². The molecule has 2 atom stereocenters. The number of thiophene rings is 1. The van der Waals surface area contributed by atoms with Crippen LogP contribution in [0, 0.1) is 6.92 Å². The fraction of sp³-hybridized carbons (Fsp3) is 0.375. The Morgan fingerprint density at radius 1 is 1.21 bits per heavy atom. The van der Waals surface area contributed by atoms with E-state index in [0.717, 1.165) is 10.9 Å². The van der Waals surface area contributed by atoms with Gasteiger partial charge in [0.05, 0.1) is 0 Å². The Labute approximate surface area is 128 Å². The van der Waals surface area contributed by atoms with Crippen LogP contribution in [0.2, 0.25) is 0 Å². The van der Waals surface area contributed by atoms with Crippen LogP contribution in [0.4, 0.5) is 0 Å². The first-order valence-corrected chi connectivity index (χ1v) is 8.34. The normalized spacial score (nSPS) is 14.3. The molecule has 0 bridgehead atoms. The Morgan fingerprint density at radius 2 is 1.89 bits per heavy atom. The molecule has 19 heavy (non-hydrogen) atoms. The first kappa shape index (κ1) is 14.8. The van der Waals surface area contributed by atoms with Crippen molar-refractivity contribution in [3.63, 3.8) is 0 Å². The van der Waals surface area contributed by atoms with Gasteiger partial charge >= 0.3 is 0 Å². The summed E-state index contributed by atoms with van der Waals surface area (Å²) in [7, 11) is 0. The molecule has 0 amide bonds. The molecule has 1 N–H and O–H groups in total. The van der Waals surface area contributed by atoms with Gasteiger partial charge in [-0.15, -0.1) is 11.3 Å². The quantitative estimate of drug-likeness (QED) is 0.746. The highest BCUT2D eigenvalue weighted by molar-refractivity contribution is 9.10. The van der Waals surface area contributed by atoms with Gasteiger partial charge in [0, 0.05) is 21.4 Å². The van der Waals surface area contributed by atoms with E-state index in [-0.39, 0.29) is 0 Å². The lowest BCUT2D eigenvalue weighted by atomic mass is 10.0. The summed E-state index contributed by atoms with van der Waals surface area (Å²) >= 11 is 5.33. The van der Waals surface area contributed by atoms with Crippen molar-refractivity contribution < 1.29 is 0 Å². The third kappa shape index (κ3) is 3.68. The number of hydrogen-bond acceptors (Lipinski definition) is 2. The molecule has 0 aliphatic rings. The van der Waals surface area contributed by atoms with Crippen molar-refractivity contribution in [1.29, 1.82) is 0 Å². The van der Waals surface area contributed by atoms with Crippen molar-refractivity contribution in [2.45, 2.75) is 39.3 Å². The second kappa shape index (κ2) is 6.69. The van der Waals surface area contributed by atoms with E-state index in [1.807, 2.05) is 11.3 Å². The number of benzene rings is 1. The summed E-state index contributed by atoms with van der Waals surface area (Å²) in [6, 6.07) is 11.6. The molecule has 0 radical (unpaired) electrons. The highest BCUT2D eigenvalue weighted by atomic mass is 79.9. The minimum atomic E-state index is 0.397. The summed E-state index contributed by atoms with van der Waals surface area (Å²) < 4.78 is 1.13. The maximum absolute atomic E-state index is 3.74. The molecule has 0 aliphatic carbocycles. The Balaban J connectivity index is 2.11. The maximum Gasteiger partial charge on any atom is 0.0393 e. The first-order chi connectivity index (χ1) is 9.11. The largest absolute Gasteiger partial charge is 0.303 e. The Kier molecular flexibility index (Phi) is 5.20. The average molecular weight is 338 g/mol. The molecule has 1 nitrogen and oxygen atoms in total. The van der Waals surface area contributed by atoms with Crippen LogP contribution in [0.3, 0.4) is 0 Å². The van der Waals surface area contributed by atoms with Gasteiger partial charge in [0.2, 0.25) is 0 Å². The predicted octanol–water partition coefficient (Wildman–Crippen LogP) is 5.62. The molecule has 0 spiro atoms. The van der Waals surface area contributed by atoms with Gasteiger partial charge < -0.3 is 5.32 Å². The average Bonchev–Trinajstić information content (AvgIpc) is 2.83. The molecular formula is C16H20BrNS. The summed E-state index contributed by atoms with van der Waals surface area (Å²) in [5.74, 6) is 0. The number of halogens is 1. The third-order valence-corrected chi connectivity index (χ3v) is 5.16. The van der Waals surface area contributed by atoms with Crippen LogP contribution < -0.4 is 5.32 Å². The van der Waals surface area contributed by atoms with E-state index in [9.17, 15) is 0 Å². The van der Waals surface area contributed by atoms with Crippen molar-refractivity contribution in [2.24, 2.45) is 0 Å². The predicted molar refractivity (Wildman–Crippen MR) is 87.8 cm³/mol. The van der Waals surface area contributed by atoms with E-state index < -0.39 is 0 Å². The molecule has 0 fully saturated rings. The van der Waals surface area contributed by atoms with E-state index in [4.69, 9.17) is 0 Å². The van der Waals surface area contributed by atoms with Crippen molar-refractivity contribution in [3.8, 4) is 0 Å². The molecule has 1 aromatic heterocycles. The summed E-state index contributed by atoms with van der Waals surface area (Å²) in [5, 5.41) is 5.91. The fourth-order valence-corrected chi connectivity index (χ4v) is 3.56. The van der Waals surface area contributed by atoms with Gasteiger partial charge in [0.25, 0.3) is 0 Å². The highest BCUT2D eigenvalue weighted by Gasteiger charge is 2.15. The van der Waals surface area contributed by atoms with Crippen LogP contribution in [-0.4, -0.2) is 0 Å². The van der Waals surface area contributed by atoms with E-state index in [1.54, 1.807) is 0 Å². The van der Waals surface area contributed by atoms with E-state index in [0.29, 0.717) is 12.1 Å². The van der Waals surface area contributed by atoms with Crippen LogP contribution in [0.1, 0.15) is 48.4 Å². The molecule has 3 heteroatoms. The van der Waals surface area contributed by atoms with Crippen LogP contribution in [0.25, 0.3) is 0 Å². The summed E-state index contributed by atoms with van der Waals surface area (Å²) in [5.41, 5.74) is 2.74. The lowest BCUT2D eigenvalue weighted by Gasteiger charge is -2.23. The standard InChI is InChI=1S/C16H20BrNS/c1-4-15(13-5-7-14(17)8-6-13)18-12(3)16-11(2)9-10-19-16/h5-10,12,15,18H,4H2,1-3H3. The van der Waals surface area contributed by atoms with Gasteiger partial charge in [0.15, 0.2) is 0 Å². The SMILES string of the molecule is CCC(NC(C)c1sccc1C)c1ccc(Br)cc1. The molecule has 0 saturated heterocycles. The van der Waals surface area contributed by atoms with Crippen LogP contribution in [0.5, 0.6) is 0 Å². The van der Waals surface area contributed by atoms with Gasteiger partial charge in [-0.1, -0.05) is 35.0 Å². The van der Waals surface area contributed by atoms with E-state index >= 15 is 0 Å². The number of aryl methyl sites for hydroxylation is 1. The second-order valence-corrected chi connectivity index (χ2v) is 6.73. The number of hydrogen-bond donors (Lipinski definition) is 1. The molecule has 1 aromatic carbocycles. The molecule has 2 unspecified atom stereocenters. The van der Waals surface area contributed by atoms with Crippen molar-refractivity contribution in [1.82, 2.24) is 5.32 Å². The highest BCUT2D eigenvalue weighted by Crippen LogP contribution is 2.28. The monoisotopic (exact) mass is 337 g/mol. The van der Waals surface area contributed by atoms with Crippen LogP contribution in [-0.2, 0) is 0 Å². The maximum atomic E-state index is 3.74. The zero-order valence-electron chi connectivity index (χ0n) is 11.6. The Hall–Kier alpha value is -0.640. The van der Waals surface area contributed by atoms with Gasteiger partial charge in [-0.2, -0.15) is 0 Å². The van der Waals surface area contributed by atoms with Gasteiger partial charge in [-0.05, 0) is 55.0 Å². The zero-order chi connectivity index (χ0) is 13.8. The van der Waals surface area contributed by atoms with E-state index in [2.05, 4.69) is 77.7 Å². The van der Waals surface area contributed by atoms with Gasteiger partial charge in [-0.3, -0.25) is 0 Å². The smallest absolute Gasteiger partial charge is 0.0393 e. The fourth-order valence-electron chi connectivity index (χ4n) is 2.35. The van der Waals surface area contributed by atoms with Crippen molar-refractivity contribution in [3.05, 3.63) is 56.2 Å². The Bertz CT molecular complexity index is 518. The molecule has 102 valence electrons. The second-order valence-electron chi connectivity index (χ2n) is 4.87. The molecule has 2 aromatic rings. The minimum Gasteiger partial charge on any atom is -0.303 e. The lowest BCUT2D eigenvalue weighted by Crippen LogP contribution is -2.24. The van der Waals surface area contributed by atoms with Crippen molar-refractivity contribution >= 4 is 27.3 Å². The zero-order valence-corrected chi connectivity index (χ0v) is 14.0. The summed E-state index contributed by atoms with van der Waals surface area (Å²) in [4.78, 5) is 1.44. The van der Waals surface area contributed by atoms with Crippen LogP contribution in [0.15, 0.2) is 40.2 Å². The molecular weight excluding hydrogens is 318 g/mol. The Morgan fingerprint density at radius 3 is 2.42 bits per heavy atom. The number of nitrogens with one attached hydrogen (secondary N) is 1. The topological polar surface area (TPSA) is 12.0 Å². The molecule has 0 aliphatic heterocycles. The minimum absolute atomic E-state index is 0.397. The lowest BCUT2D eigenvalue weighted by molar-refractivity contribution is 0.459. The van der Waals surface area contributed by atoms with E-state index in [1.165, 1.54) is 16.0 Å². The third-order valence-electron chi connectivity index (χ3n) is 3.43. The summed E-state index contributed by atoms with van der Waals surface area (Å²) in [6.07, 6.45) is 1.09. The summed E-state index contributed by atoms with van der Waals surface area (Å²) in [6.45, 7) is 6.67. The first-order valence-electron chi connectivity index (χ1n) is 6.67. The molecule has 1 heterocycles. The molecule has 2 rings (SSSR count). The van der Waals surface area contributed by atoms with Crippen molar-refractivity contribution in [2.75, 3.05) is 0 Å².